The quantitative estimate of drug-likeness (QED) is 0.306. The summed E-state index contributed by atoms with van der Waals surface area (Å²) in [6, 6.07) is 5.46. The van der Waals surface area contributed by atoms with E-state index < -0.39 is 0 Å². The smallest absolute Gasteiger partial charge is 0.304 e. The average molecular weight is 378 g/mol. The first-order valence-electron chi connectivity index (χ1n) is 7.54. The first kappa shape index (κ1) is 19.1. The van der Waals surface area contributed by atoms with Gasteiger partial charge in [0.2, 0.25) is 12.5 Å². The van der Waals surface area contributed by atoms with Gasteiger partial charge in [0.05, 0.1) is 12.7 Å². The van der Waals surface area contributed by atoms with Gasteiger partial charge >= 0.3 is 5.91 Å². The molecule has 0 aliphatic carbocycles. The summed E-state index contributed by atoms with van der Waals surface area (Å²) in [6.07, 6.45) is 6.33. The van der Waals surface area contributed by atoms with Crippen molar-refractivity contribution in [2.24, 2.45) is 0 Å². The number of nitrogens with one attached hydrogen (secondary N) is 3. The molecule has 0 aromatic carbocycles. The van der Waals surface area contributed by atoms with Crippen LogP contribution in [-0.2, 0) is 22.7 Å². The van der Waals surface area contributed by atoms with E-state index in [1.54, 1.807) is 33.7 Å². The second-order valence-electron chi connectivity index (χ2n) is 5.24. The number of halogens is 1. The van der Waals surface area contributed by atoms with Crippen molar-refractivity contribution in [2.75, 3.05) is 0 Å². The Morgan fingerprint density at radius 3 is 2.62 bits per heavy atom. The Balaban J connectivity index is 0.00000243. The molecule has 136 valence electrons. The summed E-state index contributed by atoms with van der Waals surface area (Å²) in [7, 11) is 0. The zero-order valence-corrected chi connectivity index (χ0v) is 14.3. The van der Waals surface area contributed by atoms with Crippen LogP contribution in [0, 0.1) is 0 Å². The van der Waals surface area contributed by atoms with Crippen LogP contribution in [0.15, 0.2) is 48.0 Å². The molecule has 10 nitrogen and oxygen atoms in total. The number of hydrazine groups is 1. The van der Waals surface area contributed by atoms with Crippen LogP contribution < -0.4 is 33.4 Å². The van der Waals surface area contributed by atoms with Gasteiger partial charge in [-0.15, -0.1) is 0 Å². The van der Waals surface area contributed by atoms with E-state index in [1.165, 1.54) is 12.7 Å². The fraction of sp³-hybridized carbons (Fsp3) is 0.200. The molecule has 3 heterocycles. The Morgan fingerprint density at radius 2 is 1.85 bits per heavy atom. The summed E-state index contributed by atoms with van der Waals surface area (Å²) in [5.74, 6) is -0.705. The van der Waals surface area contributed by atoms with Gasteiger partial charge in [-0.1, -0.05) is 6.07 Å². The van der Waals surface area contributed by atoms with E-state index in [0.29, 0.717) is 5.65 Å². The summed E-state index contributed by atoms with van der Waals surface area (Å²) in [5, 5.41) is 0. The molecule has 26 heavy (non-hydrogen) atoms. The van der Waals surface area contributed by atoms with Crippen LogP contribution >= 0.6 is 0 Å². The molecule has 0 saturated carbocycles. The number of H-pyrrole nitrogens is 1. The van der Waals surface area contributed by atoms with Crippen molar-refractivity contribution in [1.82, 2.24) is 30.4 Å². The third kappa shape index (κ3) is 4.63. The highest BCUT2D eigenvalue weighted by molar-refractivity contribution is 5.81. The Bertz CT molecular complexity index is 955. The number of pyridine rings is 1. The van der Waals surface area contributed by atoms with E-state index in [9.17, 15) is 14.4 Å². The number of carbonyl (C=O) groups excluding carboxylic acids is 2. The average Bonchev–Trinajstić information content (AvgIpc) is 3.03. The highest BCUT2D eigenvalue weighted by Gasteiger charge is 2.11. The lowest BCUT2D eigenvalue weighted by molar-refractivity contribution is -0.684. The molecular weight excluding hydrogens is 362 g/mol. The highest BCUT2D eigenvalue weighted by Crippen LogP contribution is 2.04. The summed E-state index contributed by atoms with van der Waals surface area (Å²) < 4.78 is 3.29. The molecule has 0 saturated heterocycles. The molecule has 0 aliphatic heterocycles. The lowest BCUT2D eigenvalue weighted by Gasteiger charge is -2.06. The molecule has 2 amide bonds. The SMILES string of the molecule is O=C(CCn1cnc2c(=O)[nH]cnc21)NNC(=O)C[n+]1ccccc1.[Cl-]. The van der Waals surface area contributed by atoms with Crippen LogP contribution in [0.25, 0.3) is 11.2 Å². The monoisotopic (exact) mass is 377 g/mol. The minimum Gasteiger partial charge on any atom is -1.00 e. The van der Waals surface area contributed by atoms with Crippen molar-refractivity contribution in [3.63, 3.8) is 0 Å². The lowest BCUT2D eigenvalue weighted by atomic mass is 10.4. The molecular formula is C15H16ClN7O3. The molecule has 3 N–H and O–H groups in total. The van der Waals surface area contributed by atoms with E-state index in [-0.39, 0.29) is 54.8 Å². The summed E-state index contributed by atoms with van der Waals surface area (Å²) in [6.45, 7) is 0.377. The number of carbonyl (C=O) groups is 2. The maximum atomic E-state index is 11.8. The number of fused-ring (bicyclic) bond motifs is 1. The molecule has 11 heteroatoms. The van der Waals surface area contributed by atoms with Gasteiger partial charge < -0.3 is 22.0 Å². The van der Waals surface area contributed by atoms with E-state index in [0.717, 1.165) is 0 Å². The van der Waals surface area contributed by atoms with Gasteiger partial charge in [0.1, 0.15) is 0 Å². The fourth-order valence-electron chi connectivity index (χ4n) is 2.22. The number of rotatable bonds is 5. The molecule has 0 radical (unpaired) electrons. The van der Waals surface area contributed by atoms with E-state index in [1.807, 2.05) is 6.07 Å². The maximum Gasteiger partial charge on any atom is 0.304 e. The number of imidazole rings is 1. The van der Waals surface area contributed by atoms with E-state index >= 15 is 0 Å². The van der Waals surface area contributed by atoms with Crippen molar-refractivity contribution in [2.45, 2.75) is 19.5 Å². The Kier molecular flexibility index (Phi) is 6.39. The zero-order chi connectivity index (χ0) is 17.6. The van der Waals surface area contributed by atoms with Gasteiger partial charge in [-0.3, -0.25) is 25.2 Å². The van der Waals surface area contributed by atoms with Gasteiger partial charge in [-0.05, 0) is 0 Å². The van der Waals surface area contributed by atoms with Crippen LogP contribution in [0.3, 0.4) is 0 Å². The van der Waals surface area contributed by atoms with Crippen molar-refractivity contribution in [3.8, 4) is 0 Å². The van der Waals surface area contributed by atoms with E-state index in [2.05, 4.69) is 25.8 Å². The predicted molar refractivity (Wildman–Crippen MR) is 85.7 cm³/mol. The van der Waals surface area contributed by atoms with Crippen LogP contribution in [0.1, 0.15) is 6.42 Å². The molecule has 0 spiro atoms. The number of hydrogen-bond donors (Lipinski definition) is 3. The number of aryl methyl sites for hydroxylation is 1. The number of nitrogens with zero attached hydrogens (tertiary/aromatic N) is 4. The zero-order valence-electron chi connectivity index (χ0n) is 13.6. The molecule has 0 fully saturated rings. The largest absolute Gasteiger partial charge is 1.00 e. The third-order valence-corrected chi connectivity index (χ3v) is 3.43. The molecule has 0 aliphatic rings. The maximum absolute atomic E-state index is 11.8. The molecule has 3 aromatic rings. The van der Waals surface area contributed by atoms with Gasteiger partial charge in [-0.2, -0.15) is 4.57 Å². The topological polar surface area (TPSA) is 126 Å². The lowest BCUT2D eigenvalue weighted by Crippen LogP contribution is -3.00. The number of hydrogen-bond acceptors (Lipinski definition) is 5. The molecule has 3 aromatic heterocycles. The molecule has 0 unspecified atom stereocenters. The van der Waals surface area contributed by atoms with Gasteiger partial charge in [0, 0.05) is 25.1 Å². The Hall–Kier alpha value is -3.27. The Labute approximate surface area is 153 Å². The van der Waals surface area contributed by atoms with Crippen LogP contribution in [-0.4, -0.2) is 31.3 Å². The van der Waals surface area contributed by atoms with Crippen LogP contribution in [0.4, 0.5) is 0 Å². The number of aromatic amines is 1. The van der Waals surface area contributed by atoms with Crippen molar-refractivity contribution in [1.29, 1.82) is 0 Å². The third-order valence-electron chi connectivity index (χ3n) is 3.43. The minimum absolute atomic E-state index is 0. The first-order chi connectivity index (χ1) is 12.1. The molecule has 3 rings (SSSR count). The first-order valence-corrected chi connectivity index (χ1v) is 7.54. The second kappa shape index (κ2) is 8.72. The van der Waals surface area contributed by atoms with Crippen molar-refractivity contribution in [3.05, 3.63) is 53.6 Å². The standard InChI is InChI=1S/C15H15N7O3.ClH/c23-11(19-20-12(24)8-21-5-2-1-3-6-21)4-7-22-10-18-13-14(22)16-9-17-15(13)25;/h1-3,5-6,9-10H,4,7-8H2,(H2-,16,17,19,20,23,24,25);1H. The fourth-order valence-corrected chi connectivity index (χ4v) is 2.22. The van der Waals surface area contributed by atoms with E-state index in [4.69, 9.17) is 0 Å². The van der Waals surface area contributed by atoms with Gasteiger partial charge in [0.25, 0.3) is 5.56 Å². The number of amides is 2. The van der Waals surface area contributed by atoms with Crippen molar-refractivity contribution < 1.29 is 26.6 Å². The molecule has 0 atom stereocenters. The van der Waals surface area contributed by atoms with Crippen molar-refractivity contribution >= 4 is 23.0 Å². The summed E-state index contributed by atoms with van der Waals surface area (Å²) in [5.41, 5.74) is 4.99. The number of aromatic nitrogens is 5. The summed E-state index contributed by atoms with van der Waals surface area (Å²) in [4.78, 5) is 45.6. The second-order valence-corrected chi connectivity index (χ2v) is 5.24. The predicted octanol–water partition coefficient (Wildman–Crippen LogP) is -4.35. The normalized spacial score (nSPS) is 10.2. The van der Waals surface area contributed by atoms with Gasteiger partial charge in [-0.25, -0.2) is 9.97 Å². The van der Waals surface area contributed by atoms with Crippen LogP contribution in [0.5, 0.6) is 0 Å². The van der Waals surface area contributed by atoms with Crippen LogP contribution in [0.2, 0.25) is 0 Å². The van der Waals surface area contributed by atoms with Gasteiger partial charge in [0.15, 0.2) is 23.6 Å². The Morgan fingerprint density at radius 1 is 1.12 bits per heavy atom. The molecule has 0 bridgehead atoms. The highest BCUT2D eigenvalue weighted by atomic mass is 35.5. The summed E-state index contributed by atoms with van der Waals surface area (Å²) >= 11 is 0. The minimum atomic E-state index is -0.363.